The zero-order valence-electron chi connectivity index (χ0n) is 9.79. The first kappa shape index (κ1) is 12.3. The molecule has 1 amide bonds. The molecule has 16 heavy (non-hydrogen) atoms. The van der Waals surface area contributed by atoms with Crippen molar-refractivity contribution in [1.29, 1.82) is 0 Å². The van der Waals surface area contributed by atoms with Crippen molar-refractivity contribution in [2.75, 3.05) is 5.32 Å². The standard InChI is InChI=1S/C14H17NO/c1-4-12-6-5-7-13(10-12)15-14(16)9-8-11(2)3/h1,5-7,10-11H,8-9H2,2-3H3,(H,15,16). The third-order valence-electron chi connectivity index (χ3n) is 2.26. The van der Waals surface area contributed by atoms with Gasteiger partial charge in [-0.25, -0.2) is 0 Å². The summed E-state index contributed by atoms with van der Waals surface area (Å²) in [6.07, 6.45) is 6.74. The number of carbonyl (C=O) groups excluding carboxylic acids is 1. The van der Waals surface area contributed by atoms with E-state index in [4.69, 9.17) is 6.42 Å². The smallest absolute Gasteiger partial charge is 0.224 e. The molecular formula is C14H17NO. The van der Waals surface area contributed by atoms with Crippen LogP contribution in [0, 0.1) is 18.3 Å². The molecule has 0 heterocycles. The van der Waals surface area contributed by atoms with Gasteiger partial charge in [-0.05, 0) is 30.5 Å². The molecule has 1 N–H and O–H groups in total. The summed E-state index contributed by atoms with van der Waals surface area (Å²) in [6, 6.07) is 7.32. The lowest BCUT2D eigenvalue weighted by Crippen LogP contribution is -2.12. The van der Waals surface area contributed by atoms with E-state index in [1.807, 2.05) is 18.2 Å². The van der Waals surface area contributed by atoms with Crippen LogP contribution >= 0.6 is 0 Å². The number of nitrogens with one attached hydrogen (secondary N) is 1. The number of hydrogen-bond donors (Lipinski definition) is 1. The normalized spacial score (nSPS) is 9.88. The molecule has 1 aromatic carbocycles. The molecule has 0 aliphatic heterocycles. The van der Waals surface area contributed by atoms with Crippen molar-refractivity contribution in [3.05, 3.63) is 29.8 Å². The Morgan fingerprint density at radius 2 is 2.25 bits per heavy atom. The van der Waals surface area contributed by atoms with E-state index in [0.29, 0.717) is 12.3 Å². The second-order valence-electron chi connectivity index (χ2n) is 4.21. The van der Waals surface area contributed by atoms with Gasteiger partial charge in [-0.2, -0.15) is 0 Å². The van der Waals surface area contributed by atoms with E-state index in [2.05, 4.69) is 25.1 Å². The maximum Gasteiger partial charge on any atom is 0.224 e. The average molecular weight is 215 g/mol. The summed E-state index contributed by atoms with van der Waals surface area (Å²) in [5.41, 5.74) is 1.55. The second kappa shape index (κ2) is 5.97. The predicted molar refractivity (Wildman–Crippen MR) is 67.1 cm³/mol. The summed E-state index contributed by atoms with van der Waals surface area (Å²) in [6.45, 7) is 4.21. The van der Waals surface area contributed by atoms with Crippen LogP contribution in [-0.2, 0) is 4.79 Å². The van der Waals surface area contributed by atoms with Gasteiger partial charge in [0.1, 0.15) is 0 Å². The zero-order chi connectivity index (χ0) is 12.0. The molecular weight excluding hydrogens is 198 g/mol. The highest BCUT2D eigenvalue weighted by Gasteiger charge is 2.03. The summed E-state index contributed by atoms with van der Waals surface area (Å²) in [5, 5.41) is 2.84. The van der Waals surface area contributed by atoms with Crippen LogP contribution < -0.4 is 5.32 Å². The lowest BCUT2D eigenvalue weighted by Gasteiger charge is -2.07. The van der Waals surface area contributed by atoms with Gasteiger partial charge in [0.2, 0.25) is 5.91 Å². The first-order chi connectivity index (χ1) is 7.61. The van der Waals surface area contributed by atoms with E-state index in [0.717, 1.165) is 17.7 Å². The van der Waals surface area contributed by atoms with Gasteiger partial charge >= 0.3 is 0 Å². The van der Waals surface area contributed by atoms with Crippen molar-refractivity contribution < 1.29 is 4.79 Å². The second-order valence-corrected chi connectivity index (χ2v) is 4.21. The fraction of sp³-hybridized carbons (Fsp3) is 0.357. The molecule has 0 aliphatic carbocycles. The maximum atomic E-state index is 11.6. The maximum absolute atomic E-state index is 11.6. The number of anilines is 1. The predicted octanol–water partition coefficient (Wildman–Crippen LogP) is 3.04. The molecule has 0 saturated heterocycles. The van der Waals surface area contributed by atoms with Crippen molar-refractivity contribution in [1.82, 2.24) is 0 Å². The van der Waals surface area contributed by atoms with Gasteiger partial charge in [-0.1, -0.05) is 25.8 Å². The summed E-state index contributed by atoms with van der Waals surface area (Å²) in [4.78, 5) is 11.6. The molecule has 0 fully saturated rings. The van der Waals surface area contributed by atoms with Crippen LogP contribution in [0.3, 0.4) is 0 Å². The molecule has 0 radical (unpaired) electrons. The lowest BCUT2D eigenvalue weighted by atomic mass is 10.1. The Kier molecular flexibility index (Phi) is 4.60. The quantitative estimate of drug-likeness (QED) is 0.768. The zero-order valence-corrected chi connectivity index (χ0v) is 9.79. The van der Waals surface area contributed by atoms with Gasteiger partial charge in [0, 0.05) is 17.7 Å². The molecule has 2 heteroatoms. The third-order valence-corrected chi connectivity index (χ3v) is 2.26. The first-order valence-electron chi connectivity index (χ1n) is 5.48. The minimum absolute atomic E-state index is 0.0443. The summed E-state index contributed by atoms with van der Waals surface area (Å²) < 4.78 is 0. The Morgan fingerprint density at radius 1 is 1.50 bits per heavy atom. The third kappa shape index (κ3) is 4.18. The minimum atomic E-state index is 0.0443. The molecule has 1 rings (SSSR count). The topological polar surface area (TPSA) is 29.1 Å². The van der Waals surface area contributed by atoms with Gasteiger partial charge in [0.15, 0.2) is 0 Å². The van der Waals surface area contributed by atoms with E-state index in [1.165, 1.54) is 0 Å². The molecule has 0 aromatic heterocycles. The van der Waals surface area contributed by atoms with Crippen LogP contribution in [0.15, 0.2) is 24.3 Å². The number of rotatable bonds is 4. The van der Waals surface area contributed by atoms with Gasteiger partial charge in [0.25, 0.3) is 0 Å². The molecule has 2 nitrogen and oxygen atoms in total. The summed E-state index contributed by atoms with van der Waals surface area (Å²) in [5.74, 6) is 3.13. The van der Waals surface area contributed by atoms with Crippen molar-refractivity contribution in [3.8, 4) is 12.3 Å². The van der Waals surface area contributed by atoms with E-state index in [9.17, 15) is 4.79 Å². The van der Waals surface area contributed by atoms with E-state index in [-0.39, 0.29) is 5.91 Å². The fourth-order valence-corrected chi connectivity index (χ4v) is 1.33. The van der Waals surface area contributed by atoms with Crippen molar-refractivity contribution in [2.45, 2.75) is 26.7 Å². The molecule has 0 bridgehead atoms. The Bertz CT molecular complexity index is 401. The van der Waals surface area contributed by atoms with E-state index < -0.39 is 0 Å². The van der Waals surface area contributed by atoms with E-state index >= 15 is 0 Å². The van der Waals surface area contributed by atoms with Crippen LogP contribution in [-0.4, -0.2) is 5.91 Å². The first-order valence-corrected chi connectivity index (χ1v) is 5.48. The van der Waals surface area contributed by atoms with Crippen LogP contribution in [0.25, 0.3) is 0 Å². The highest BCUT2D eigenvalue weighted by molar-refractivity contribution is 5.90. The van der Waals surface area contributed by atoms with Gasteiger partial charge in [0.05, 0.1) is 0 Å². The SMILES string of the molecule is C#Cc1cccc(NC(=O)CCC(C)C)c1. The number of hydrogen-bond acceptors (Lipinski definition) is 1. The van der Waals surface area contributed by atoms with Crippen molar-refractivity contribution in [2.24, 2.45) is 5.92 Å². The van der Waals surface area contributed by atoms with Crippen molar-refractivity contribution in [3.63, 3.8) is 0 Å². The molecule has 0 aliphatic rings. The highest BCUT2D eigenvalue weighted by Crippen LogP contribution is 2.11. The number of terminal acetylenes is 1. The fourth-order valence-electron chi connectivity index (χ4n) is 1.33. The summed E-state index contributed by atoms with van der Waals surface area (Å²) >= 11 is 0. The van der Waals surface area contributed by atoms with Crippen LogP contribution in [0.1, 0.15) is 32.3 Å². The molecule has 1 aromatic rings. The lowest BCUT2D eigenvalue weighted by molar-refractivity contribution is -0.116. The largest absolute Gasteiger partial charge is 0.326 e. The molecule has 0 unspecified atom stereocenters. The van der Waals surface area contributed by atoms with Crippen LogP contribution in [0.2, 0.25) is 0 Å². The molecule has 0 spiro atoms. The van der Waals surface area contributed by atoms with Crippen molar-refractivity contribution >= 4 is 11.6 Å². The monoisotopic (exact) mass is 215 g/mol. The Morgan fingerprint density at radius 3 is 2.88 bits per heavy atom. The number of benzene rings is 1. The van der Waals surface area contributed by atoms with Crippen LogP contribution in [0.5, 0.6) is 0 Å². The van der Waals surface area contributed by atoms with Crippen LogP contribution in [0.4, 0.5) is 5.69 Å². The molecule has 84 valence electrons. The van der Waals surface area contributed by atoms with Gasteiger partial charge in [-0.15, -0.1) is 6.42 Å². The average Bonchev–Trinajstić information content (AvgIpc) is 2.26. The Hall–Kier alpha value is -1.75. The van der Waals surface area contributed by atoms with Gasteiger partial charge < -0.3 is 5.32 Å². The number of carbonyl (C=O) groups is 1. The van der Waals surface area contributed by atoms with E-state index in [1.54, 1.807) is 6.07 Å². The highest BCUT2D eigenvalue weighted by atomic mass is 16.1. The summed E-state index contributed by atoms with van der Waals surface area (Å²) in [7, 11) is 0. The Balaban J connectivity index is 2.53. The molecule has 0 saturated carbocycles. The molecule has 0 atom stereocenters. The Labute approximate surface area is 97.1 Å². The minimum Gasteiger partial charge on any atom is -0.326 e. The van der Waals surface area contributed by atoms with Gasteiger partial charge in [-0.3, -0.25) is 4.79 Å². The number of amides is 1.